The van der Waals surface area contributed by atoms with Crippen LogP contribution in [0.2, 0.25) is 0 Å². The highest BCUT2D eigenvalue weighted by molar-refractivity contribution is 8.01. The van der Waals surface area contributed by atoms with Crippen LogP contribution in [0.3, 0.4) is 0 Å². The number of fused-ring (bicyclic) bond motifs is 1. The SMILES string of the molecule is CN1NC(=O)C(=O)NC1SCC1=C(C(=O)O)C2C(=O)C([NH3+])C2SC1. The number of aliphatic carboxylic acids is 1. The Hall–Kier alpha value is -1.56. The van der Waals surface area contributed by atoms with Gasteiger partial charge in [-0.2, -0.15) is 5.01 Å². The molecule has 0 bridgehead atoms. The largest absolute Gasteiger partial charge is 0.478 e. The van der Waals surface area contributed by atoms with Gasteiger partial charge in [0.1, 0.15) is 5.50 Å². The minimum atomic E-state index is -1.07. The molecule has 11 heteroatoms. The molecular weight excluding hydrogens is 356 g/mol. The van der Waals surface area contributed by atoms with Crippen molar-refractivity contribution in [2.45, 2.75) is 16.8 Å². The molecule has 0 aromatic carbocycles. The van der Waals surface area contributed by atoms with Crippen LogP contribution in [0.5, 0.6) is 0 Å². The minimum absolute atomic E-state index is 0.0614. The molecule has 1 aliphatic carbocycles. The average Bonchev–Trinajstić information content (AvgIpc) is 2.55. The molecule has 1 saturated heterocycles. The van der Waals surface area contributed by atoms with Crippen LogP contribution in [0.25, 0.3) is 0 Å². The summed E-state index contributed by atoms with van der Waals surface area (Å²) in [4.78, 5) is 46.3. The number of hydrogen-bond donors (Lipinski definition) is 4. The van der Waals surface area contributed by atoms with E-state index in [-0.39, 0.29) is 22.6 Å². The van der Waals surface area contributed by atoms with E-state index in [1.54, 1.807) is 18.8 Å². The number of thioether (sulfide) groups is 2. The number of hydrazine groups is 1. The molecule has 4 atom stereocenters. The van der Waals surface area contributed by atoms with Crippen molar-refractivity contribution in [2.75, 3.05) is 18.6 Å². The van der Waals surface area contributed by atoms with Crippen LogP contribution in [0, 0.1) is 5.92 Å². The summed E-state index contributed by atoms with van der Waals surface area (Å²) in [6.45, 7) is 0. The van der Waals surface area contributed by atoms with Gasteiger partial charge in [-0.15, -0.1) is 23.5 Å². The molecule has 130 valence electrons. The molecule has 4 unspecified atom stereocenters. The Balaban J connectivity index is 1.73. The first-order valence-corrected chi connectivity index (χ1v) is 9.30. The lowest BCUT2D eigenvalue weighted by atomic mass is 9.72. The van der Waals surface area contributed by atoms with Crippen molar-refractivity contribution in [3.8, 4) is 0 Å². The van der Waals surface area contributed by atoms with Crippen LogP contribution in [-0.4, -0.2) is 69.0 Å². The highest BCUT2D eigenvalue weighted by Gasteiger charge is 2.56. The number of Topliss-reactive ketones (excluding diaryl/α,β-unsaturated/α-hetero) is 1. The van der Waals surface area contributed by atoms with E-state index in [1.165, 1.54) is 16.8 Å². The Bertz CT molecular complexity index is 667. The monoisotopic (exact) mass is 373 g/mol. The van der Waals surface area contributed by atoms with Crippen molar-refractivity contribution in [2.24, 2.45) is 5.92 Å². The first-order chi connectivity index (χ1) is 11.3. The van der Waals surface area contributed by atoms with Gasteiger partial charge in [-0.1, -0.05) is 0 Å². The van der Waals surface area contributed by atoms with Gasteiger partial charge in [0, 0.05) is 24.1 Å². The van der Waals surface area contributed by atoms with Gasteiger partial charge in [-0.25, -0.2) is 4.79 Å². The predicted octanol–water partition coefficient (Wildman–Crippen LogP) is -2.60. The summed E-state index contributed by atoms with van der Waals surface area (Å²) in [7, 11) is 1.61. The maximum Gasteiger partial charge on any atom is 0.332 e. The molecule has 24 heavy (non-hydrogen) atoms. The van der Waals surface area contributed by atoms with Gasteiger partial charge in [0.15, 0.2) is 11.8 Å². The quantitative estimate of drug-likeness (QED) is 0.393. The number of hydrogen-bond acceptors (Lipinski definition) is 7. The Kier molecular flexibility index (Phi) is 4.60. The molecule has 0 radical (unpaired) electrons. The summed E-state index contributed by atoms with van der Waals surface area (Å²) in [5.74, 6) is -2.39. The summed E-state index contributed by atoms with van der Waals surface area (Å²) in [5.41, 5.74) is 6.54. The Morgan fingerprint density at radius 3 is 2.79 bits per heavy atom. The number of nitrogens with zero attached hydrogens (tertiary/aromatic N) is 1. The zero-order chi connectivity index (χ0) is 17.6. The molecule has 3 aliphatic rings. The first kappa shape index (κ1) is 17.3. The third-order valence-electron chi connectivity index (χ3n) is 4.28. The molecule has 2 aliphatic heterocycles. The topological polar surface area (TPSA) is 143 Å². The fourth-order valence-electron chi connectivity index (χ4n) is 2.96. The van der Waals surface area contributed by atoms with Crippen LogP contribution < -0.4 is 16.5 Å². The van der Waals surface area contributed by atoms with Crippen molar-refractivity contribution < 1.29 is 30.0 Å². The summed E-state index contributed by atoms with van der Waals surface area (Å²) in [6.07, 6.45) is 0. The van der Waals surface area contributed by atoms with Crippen LogP contribution in [0.4, 0.5) is 0 Å². The standard InChI is InChI=1S/C13H16N4O5S2/c1-17-13(15-10(19)11(20)16-17)24-3-4-2-23-9-6(5(4)12(21)22)8(18)7(9)14/h6-7,9,13H,2-3,14H2,1H3,(H,15,19)(H,16,20)(H,21,22)/p+1. The smallest absolute Gasteiger partial charge is 0.332 e. The summed E-state index contributed by atoms with van der Waals surface area (Å²) < 4.78 is 0. The van der Waals surface area contributed by atoms with Gasteiger partial charge >= 0.3 is 17.8 Å². The van der Waals surface area contributed by atoms with E-state index in [4.69, 9.17) is 0 Å². The number of quaternary nitrogens is 1. The second-order valence-electron chi connectivity index (χ2n) is 5.77. The van der Waals surface area contributed by atoms with Gasteiger partial charge in [-0.3, -0.25) is 19.8 Å². The first-order valence-electron chi connectivity index (χ1n) is 7.20. The third-order valence-corrected chi connectivity index (χ3v) is 7.04. The fraction of sp³-hybridized carbons (Fsp3) is 0.538. The van der Waals surface area contributed by atoms with Crippen LogP contribution in [-0.2, 0) is 19.2 Å². The van der Waals surface area contributed by atoms with E-state index < -0.39 is 29.2 Å². The molecule has 2 heterocycles. The number of carbonyl (C=O) groups is 4. The van der Waals surface area contributed by atoms with Crippen LogP contribution >= 0.6 is 23.5 Å². The van der Waals surface area contributed by atoms with Crippen LogP contribution in [0.15, 0.2) is 11.1 Å². The lowest BCUT2D eigenvalue weighted by Crippen LogP contribution is -2.79. The number of carbonyl (C=O) groups excluding carboxylic acids is 3. The minimum Gasteiger partial charge on any atom is -0.478 e. The van der Waals surface area contributed by atoms with Gasteiger partial charge in [0.2, 0.25) is 0 Å². The predicted molar refractivity (Wildman–Crippen MR) is 86.4 cm³/mol. The van der Waals surface area contributed by atoms with Crippen LogP contribution in [0.1, 0.15) is 0 Å². The average molecular weight is 373 g/mol. The Labute approximate surface area is 145 Å². The number of amides is 2. The lowest BCUT2D eigenvalue weighted by molar-refractivity contribution is -0.414. The zero-order valence-electron chi connectivity index (χ0n) is 12.8. The van der Waals surface area contributed by atoms with E-state index in [2.05, 4.69) is 16.5 Å². The van der Waals surface area contributed by atoms with E-state index >= 15 is 0 Å². The van der Waals surface area contributed by atoms with Crippen molar-refractivity contribution >= 4 is 47.1 Å². The number of carboxylic acids is 1. The van der Waals surface area contributed by atoms with Gasteiger partial charge in [-0.05, 0) is 5.57 Å². The van der Waals surface area contributed by atoms with Gasteiger partial charge < -0.3 is 16.2 Å². The number of rotatable bonds is 4. The number of carboxylic acid groups (broad SMARTS) is 1. The van der Waals surface area contributed by atoms with E-state index in [0.29, 0.717) is 17.1 Å². The Morgan fingerprint density at radius 1 is 1.42 bits per heavy atom. The van der Waals surface area contributed by atoms with E-state index in [0.717, 1.165) is 0 Å². The number of ketones is 1. The second-order valence-corrected chi connectivity index (χ2v) is 8.01. The fourth-order valence-corrected chi connectivity index (χ4v) is 5.66. The molecule has 0 spiro atoms. The molecule has 9 nitrogen and oxygen atoms in total. The summed E-state index contributed by atoms with van der Waals surface area (Å²) in [5, 5.41) is 13.4. The third kappa shape index (κ3) is 2.81. The van der Waals surface area contributed by atoms with Crippen molar-refractivity contribution in [3.05, 3.63) is 11.1 Å². The molecule has 6 N–H and O–H groups in total. The molecule has 0 aromatic rings. The maximum absolute atomic E-state index is 12.0. The summed E-state index contributed by atoms with van der Waals surface area (Å²) >= 11 is 2.84. The molecule has 1 saturated carbocycles. The van der Waals surface area contributed by atoms with Crippen molar-refractivity contribution in [1.29, 1.82) is 0 Å². The summed E-state index contributed by atoms with van der Waals surface area (Å²) in [6, 6.07) is -0.345. The normalized spacial score (nSPS) is 33.5. The second kappa shape index (κ2) is 6.39. The van der Waals surface area contributed by atoms with Crippen molar-refractivity contribution in [1.82, 2.24) is 15.8 Å². The molecular formula is C13H17N4O5S2+. The Morgan fingerprint density at radius 2 is 2.12 bits per heavy atom. The molecule has 0 aromatic heterocycles. The lowest BCUT2D eigenvalue weighted by Gasteiger charge is -2.42. The number of nitrogens with one attached hydrogen (secondary N) is 2. The van der Waals surface area contributed by atoms with Gasteiger partial charge in [0.25, 0.3) is 0 Å². The van der Waals surface area contributed by atoms with E-state index in [9.17, 15) is 24.3 Å². The maximum atomic E-state index is 12.0. The zero-order valence-corrected chi connectivity index (χ0v) is 14.4. The highest BCUT2D eigenvalue weighted by atomic mass is 32.2. The van der Waals surface area contributed by atoms with Crippen molar-refractivity contribution in [3.63, 3.8) is 0 Å². The van der Waals surface area contributed by atoms with E-state index in [1.807, 2.05) is 0 Å². The highest BCUT2D eigenvalue weighted by Crippen LogP contribution is 2.44. The molecule has 2 fully saturated rings. The van der Waals surface area contributed by atoms with Gasteiger partial charge in [0.05, 0.1) is 11.2 Å². The molecule has 3 rings (SSSR count). The molecule has 2 amide bonds.